The van der Waals surface area contributed by atoms with Crippen LogP contribution in [0, 0.1) is 0 Å². The summed E-state index contributed by atoms with van der Waals surface area (Å²) in [6.07, 6.45) is 1.22. The van der Waals surface area contributed by atoms with E-state index in [0.29, 0.717) is 18.6 Å². The lowest BCUT2D eigenvalue weighted by molar-refractivity contribution is -0.128. The smallest absolute Gasteiger partial charge is 0.237 e. The van der Waals surface area contributed by atoms with Gasteiger partial charge in [-0.1, -0.05) is 6.92 Å². The Hall–Kier alpha value is -0.610. The first kappa shape index (κ1) is 14.5. The highest BCUT2D eigenvalue weighted by Gasteiger charge is 2.29. The van der Waals surface area contributed by atoms with Gasteiger partial charge in [-0.25, -0.2) is 0 Å². The van der Waals surface area contributed by atoms with Gasteiger partial charge < -0.3 is 4.90 Å². The molecule has 1 rings (SSSR count). The third-order valence-electron chi connectivity index (χ3n) is 3.50. The van der Waals surface area contributed by atoms with E-state index in [-0.39, 0.29) is 12.1 Å². The minimum atomic E-state index is 0.240. The predicted molar refractivity (Wildman–Crippen MR) is 70.8 cm³/mol. The van der Waals surface area contributed by atoms with Crippen LogP contribution in [0.15, 0.2) is 0 Å². The van der Waals surface area contributed by atoms with Crippen molar-refractivity contribution in [2.24, 2.45) is 0 Å². The molecule has 0 saturated carbocycles. The molecule has 0 bridgehead atoms. The second-order valence-corrected chi connectivity index (χ2v) is 5.32. The monoisotopic (exact) mass is 241 g/mol. The zero-order chi connectivity index (χ0) is 13.0. The van der Waals surface area contributed by atoms with Crippen LogP contribution < -0.4 is 5.32 Å². The van der Waals surface area contributed by atoms with Gasteiger partial charge in [-0.2, -0.15) is 0 Å². The molecule has 1 unspecified atom stereocenters. The highest BCUT2D eigenvalue weighted by molar-refractivity contribution is 5.80. The van der Waals surface area contributed by atoms with Gasteiger partial charge in [0.1, 0.15) is 0 Å². The largest absolute Gasteiger partial charge is 0.325 e. The Morgan fingerprint density at radius 2 is 1.94 bits per heavy atom. The molecule has 4 heteroatoms. The summed E-state index contributed by atoms with van der Waals surface area (Å²) >= 11 is 0. The molecule has 100 valence electrons. The van der Waals surface area contributed by atoms with Gasteiger partial charge >= 0.3 is 0 Å². The molecule has 0 aromatic heterocycles. The van der Waals surface area contributed by atoms with Gasteiger partial charge in [0.2, 0.25) is 5.91 Å². The second kappa shape index (κ2) is 6.36. The van der Waals surface area contributed by atoms with Crippen molar-refractivity contribution < 1.29 is 4.79 Å². The molecule has 1 heterocycles. The molecule has 0 spiro atoms. The van der Waals surface area contributed by atoms with Crippen LogP contribution in [0.4, 0.5) is 0 Å². The average molecular weight is 241 g/mol. The van der Waals surface area contributed by atoms with Crippen molar-refractivity contribution in [3.63, 3.8) is 0 Å². The first-order chi connectivity index (χ1) is 7.97. The summed E-state index contributed by atoms with van der Waals surface area (Å²) in [5.74, 6) is 0.240. The number of carbonyl (C=O) groups excluding carboxylic acids is 1. The molecule has 1 amide bonds. The Morgan fingerprint density at radius 1 is 1.35 bits per heavy atom. The van der Waals surface area contributed by atoms with Gasteiger partial charge in [0.15, 0.2) is 0 Å². The Morgan fingerprint density at radius 3 is 2.41 bits per heavy atom. The zero-order valence-electron chi connectivity index (χ0n) is 11.9. The van der Waals surface area contributed by atoms with Crippen molar-refractivity contribution in [3.05, 3.63) is 0 Å². The minimum Gasteiger partial charge on any atom is -0.325 e. The minimum absolute atomic E-state index is 0.240. The van der Waals surface area contributed by atoms with E-state index in [1.165, 1.54) is 0 Å². The quantitative estimate of drug-likeness (QED) is 0.761. The van der Waals surface area contributed by atoms with Crippen LogP contribution >= 0.6 is 0 Å². The first-order valence-electron chi connectivity index (χ1n) is 6.76. The maximum atomic E-state index is 11.7. The van der Waals surface area contributed by atoms with E-state index in [4.69, 9.17) is 0 Å². The van der Waals surface area contributed by atoms with Crippen molar-refractivity contribution in [1.82, 2.24) is 15.1 Å². The van der Waals surface area contributed by atoms with E-state index < -0.39 is 0 Å². The maximum Gasteiger partial charge on any atom is 0.237 e. The van der Waals surface area contributed by atoms with E-state index in [9.17, 15) is 4.79 Å². The molecule has 0 radical (unpaired) electrons. The summed E-state index contributed by atoms with van der Waals surface area (Å²) in [6.45, 7) is 13.2. The topological polar surface area (TPSA) is 35.6 Å². The van der Waals surface area contributed by atoms with Gasteiger partial charge in [-0.15, -0.1) is 0 Å². The van der Waals surface area contributed by atoms with E-state index in [1.807, 2.05) is 4.90 Å². The first-order valence-corrected chi connectivity index (χ1v) is 6.76. The third-order valence-corrected chi connectivity index (χ3v) is 3.50. The zero-order valence-corrected chi connectivity index (χ0v) is 11.9. The van der Waals surface area contributed by atoms with Crippen molar-refractivity contribution in [1.29, 1.82) is 0 Å². The second-order valence-electron chi connectivity index (χ2n) is 5.32. The SMILES string of the molecule is CCC1NCC(=O)N1CCN(C(C)C)C(C)C. The highest BCUT2D eigenvalue weighted by Crippen LogP contribution is 2.10. The molecule has 0 aromatic carbocycles. The Bertz CT molecular complexity index is 245. The molecule has 17 heavy (non-hydrogen) atoms. The lowest BCUT2D eigenvalue weighted by Crippen LogP contribution is -2.45. The number of rotatable bonds is 6. The molecule has 1 saturated heterocycles. The van der Waals surface area contributed by atoms with E-state index in [0.717, 1.165) is 19.5 Å². The summed E-state index contributed by atoms with van der Waals surface area (Å²) in [7, 11) is 0. The predicted octanol–water partition coefficient (Wildman–Crippen LogP) is 1.27. The molecule has 4 nitrogen and oxygen atoms in total. The fraction of sp³-hybridized carbons (Fsp3) is 0.923. The lowest BCUT2D eigenvalue weighted by Gasteiger charge is -2.33. The summed E-state index contributed by atoms with van der Waals surface area (Å²) in [6, 6.07) is 1.06. The fourth-order valence-corrected chi connectivity index (χ4v) is 2.57. The number of nitrogens with one attached hydrogen (secondary N) is 1. The summed E-state index contributed by atoms with van der Waals surface area (Å²) in [5.41, 5.74) is 0. The van der Waals surface area contributed by atoms with E-state index >= 15 is 0 Å². The Balaban J connectivity index is 2.50. The van der Waals surface area contributed by atoms with E-state index in [1.54, 1.807) is 0 Å². The van der Waals surface area contributed by atoms with Gasteiger partial charge in [-0.3, -0.25) is 15.0 Å². The number of carbonyl (C=O) groups is 1. The molecular weight excluding hydrogens is 214 g/mol. The highest BCUT2D eigenvalue weighted by atomic mass is 16.2. The summed E-state index contributed by atoms with van der Waals surface area (Å²) < 4.78 is 0. The van der Waals surface area contributed by atoms with Crippen LogP contribution in [0.1, 0.15) is 41.0 Å². The van der Waals surface area contributed by atoms with Crippen LogP contribution in [0.25, 0.3) is 0 Å². The fourth-order valence-electron chi connectivity index (χ4n) is 2.57. The number of nitrogens with zero attached hydrogens (tertiary/aromatic N) is 2. The Labute approximate surface area is 105 Å². The van der Waals surface area contributed by atoms with Crippen molar-refractivity contribution in [2.75, 3.05) is 19.6 Å². The average Bonchev–Trinajstić information content (AvgIpc) is 2.59. The molecule has 1 aliphatic heterocycles. The van der Waals surface area contributed by atoms with Crippen LogP contribution in [0.2, 0.25) is 0 Å². The molecule has 0 aliphatic carbocycles. The lowest BCUT2D eigenvalue weighted by atomic mass is 10.2. The van der Waals surface area contributed by atoms with Crippen molar-refractivity contribution >= 4 is 5.91 Å². The van der Waals surface area contributed by atoms with Crippen molar-refractivity contribution in [3.8, 4) is 0 Å². The van der Waals surface area contributed by atoms with Gasteiger partial charge in [0.25, 0.3) is 0 Å². The molecule has 1 aliphatic rings. The number of hydrogen-bond acceptors (Lipinski definition) is 3. The standard InChI is InChI=1S/C13H27N3O/c1-6-12-14-9-13(17)16(12)8-7-15(10(2)3)11(4)5/h10-12,14H,6-9H2,1-5H3. The van der Waals surface area contributed by atoms with Gasteiger partial charge in [0, 0.05) is 25.2 Å². The number of hydrogen-bond donors (Lipinski definition) is 1. The molecule has 1 atom stereocenters. The summed E-state index contributed by atoms with van der Waals surface area (Å²) in [5, 5.41) is 3.25. The van der Waals surface area contributed by atoms with Crippen LogP contribution in [-0.4, -0.2) is 53.6 Å². The molecular formula is C13H27N3O. The normalized spacial score (nSPS) is 21.3. The maximum absolute atomic E-state index is 11.7. The van der Waals surface area contributed by atoms with Crippen molar-refractivity contribution in [2.45, 2.75) is 59.3 Å². The van der Waals surface area contributed by atoms with E-state index in [2.05, 4.69) is 44.8 Å². The Kier molecular flexibility index (Phi) is 5.40. The van der Waals surface area contributed by atoms with Crippen LogP contribution in [-0.2, 0) is 4.79 Å². The van der Waals surface area contributed by atoms with Crippen LogP contribution in [0.5, 0.6) is 0 Å². The van der Waals surface area contributed by atoms with Crippen LogP contribution in [0.3, 0.4) is 0 Å². The molecule has 0 aromatic rings. The van der Waals surface area contributed by atoms with Gasteiger partial charge in [0.05, 0.1) is 12.7 Å². The third kappa shape index (κ3) is 3.68. The molecule has 1 fully saturated rings. The number of amides is 1. The summed E-state index contributed by atoms with van der Waals surface area (Å²) in [4.78, 5) is 16.2. The van der Waals surface area contributed by atoms with Gasteiger partial charge in [-0.05, 0) is 34.1 Å². The molecule has 1 N–H and O–H groups in total.